The number of hydrogen-bond donors (Lipinski definition) is 0. The molecule has 7 heteroatoms. The lowest BCUT2D eigenvalue weighted by molar-refractivity contribution is -0.384. The van der Waals surface area contributed by atoms with Gasteiger partial charge in [-0.15, -0.1) is 0 Å². The van der Waals surface area contributed by atoms with Crippen molar-refractivity contribution in [3.8, 4) is 5.75 Å². The fourth-order valence-corrected chi connectivity index (χ4v) is 1.56. The zero-order valence-corrected chi connectivity index (χ0v) is 11.7. The fourth-order valence-electron chi connectivity index (χ4n) is 1.56. The van der Waals surface area contributed by atoms with Crippen LogP contribution in [0.25, 0.3) is 0 Å². The van der Waals surface area contributed by atoms with Crippen LogP contribution in [0.3, 0.4) is 0 Å². The van der Waals surface area contributed by atoms with Crippen LogP contribution >= 0.6 is 0 Å². The molecule has 0 saturated heterocycles. The van der Waals surface area contributed by atoms with Crippen LogP contribution in [0.1, 0.15) is 26.2 Å². The van der Waals surface area contributed by atoms with Crippen LogP contribution in [0.15, 0.2) is 24.3 Å². The number of carbonyl (C=O) groups excluding carboxylic acids is 2. The van der Waals surface area contributed by atoms with Crippen LogP contribution in [0.4, 0.5) is 5.69 Å². The largest absolute Gasteiger partial charge is 0.494 e. The fraction of sp³-hybridized carbons (Fsp3) is 0.429. The normalized spacial score (nSPS) is 9.95. The first-order valence-electron chi connectivity index (χ1n) is 6.61. The summed E-state index contributed by atoms with van der Waals surface area (Å²) in [7, 11) is 0. The number of unbranched alkanes of at least 4 members (excludes halogenated alkanes) is 1. The van der Waals surface area contributed by atoms with E-state index in [0.717, 1.165) is 0 Å². The third-order valence-electron chi connectivity index (χ3n) is 2.62. The van der Waals surface area contributed by atoms with Crippen molar-refractivity contribution in [1.29, 1.82) is 0 Å². The Labute approximate surface area is 122 Å². The Morgan fingerprint density at radius 1 is 1.19 bits per heavy atom. The van der Waals surface area contributed by atoms with Gasteiger partial charge in [-0.1, -0.05) is 0 Å². The molecule has 0 fully saturated rings. The zero-order valence-electron chi connectivity index (χ0n) is 11.7. The summed E-state index contributed by atoms with van der Waals surface area (Å²) in [6.07, 6.45) is 1.25. The monoisotopic (exact) mass is 295 g/mol. The second-order valence-electron chi connectivity index (χ2n) is 4.20. The average molecular weight is 295 g/mol. The molecule has 0 aliphatic rings. The van der Waals surface area contributed by atoms with Crippen molar-refractivity contribution in [2.24, 2.45) is 0 Å². The van der Waals surface area contributed by atoms with Gasteiger partial charge in [0, 0.05) is 18.6 Å². The standard InChI is InChI=1S/C14H17NO6/c1-2-20-14(17)13(16)5-3-4-10-21-12-8-6-11(7-9-12)15(18)19/h6-9H,2-5,10H2,1H3. The first kappa shape index (κ1) is 16.6. The van der Waals surface area contributed by atoms with Crippen LogP contribution in [0.2, 0.25) is 0 Å². The molecule has 0 heterocycles. The maximum Gasteiger partial charge on any atom is 0.374 e. The molecule has 0 N–H and O–H groups in total. The summed E-state index contributed by atoms with van der Waals surface area (Å²) < 4.78 is 9.97. The number of Topliss-reactive ketones (excluding diaryl/α,β-unsaturated/α-hetero) is 1. The number of carbonyl (C=O) groups is 2. The highest BCUT2D eigenvalue weighted by molar-refractivity contribution is 6.33. The zero-order chi connectivity index (χ0) is 15.7. The van der Waals surface area contributed by atoms with Gasteiger partial charge in [-0.25, -0.2) is 4.79 Å². The average Bonchev–Trinajstić information content (AvgIpc) is 2.47. The van der Waals surface area contributed by atoms with Crippen molar-refractivity contribution in [1.82, 2.24) is 0 Å². The number of nitro benzene ring substituents is 1. The van der Waals surface area contributed by atoms with E-state index in [1.165, 1.54) is 24.3 Å². The summed E-state index contributed by atoms with van der Waals surface area (Å²) in [5.74, 6) is -0.807. The van der Waals surface area contributed by atoms with Gasteiger partial charge in [0.2, 0.25) is 5.78 Å². The number of hydrogen-bond acceptors (Lipinski definition) is 6. The van der Waals surface area contributed by atoms with Crippen molar-refractivity contribution >= 4 is 17.4 Å². The summed E-state index contributed by atoms with van der Waals surface area (Å²) in [5, 5.41) is 10.5. The van der Waals surface area contributed by atoms with E-state index in [1.807, 2.05) is 0 Å². The quantitative estimate of drug-likeness (QED) is 0.228. The van der Waals surface area contributed by atoms with Gasteiger partial charge in [0.05, 0.1) is 18.1 Å². The van der Waals surface area contributed by atoms with Crippen LogP contribution in [-0.4, -0.2) is 29.9 Å². The Bertz CT molecular complexity index is 497. The number of ether oxygens (including phenoxy) is 2. The summed E-state index contributed by atoms with van der Waals surface area (Å²) in [5.41, 5.74) is 0.00221. The van der Waals surface area contributed by atoms with Crippen LogP contribution in [-0.2, 0) is 14.3 Å². The van der Waals surface area contributed by atoms with Crippen LogP contribution in [0.5, 0.6) is 5.75 Å². The number of rotatable bonds is 9. The summed E-state index contributed by atoms with van der Waals surface area (Å²) in [4.78, 5) is 32.3. The topological polar surface area (TPSA) is 95.7 Å². The Morgan fingerprint density at radius 3 is 2.43 bits per heavy atom. The van der Waals surface area contributed by atoms with Gasteiger partial charge in [0.15, 0.2) is 0 Å². The molecule has 0 amide bonds. The van der Waals surface area contributed by atoms with Gasteiger partial charge in [0.1, 0.15) is 5.75 Å². The Balaban J connectivity index is 2.21. The number of benzene rings is 1. The van der Waals surface area contributed by atoms with E-state index in [9.17, 15) is 19.7 Å². The molecule has 1 rings (SSSR count). The van der Waals surface area contributed by atoms with E-state index < -0.39 is 16.7 Å². The second-order valence-corrected chi connectivity index (χ2v) is 4.20. The number of non-ortho nitro benzene ring substituents is 1. The molecule has 1 aromatic rings. The molecule has 0 atom stereocenters. The maximum atomic E-state index is 11.3. The molecule has 0 aliphatic heterocycles. The second kappa shape index (κ2) is 8.68. The molecule has 0 aromatic heterocycles. The summed E-state index contributed by atoms with van der Waals surface area (Å²) in [6, 6.07) is 5.75. The molecular formula is C14H17NO6. The smallest absolute Gasteiger partial charge is 0.374 e. The maximum absolute atomic E-state index is 11.3. The van der Waals surface area contributed by atoms with Crippen molar-refractivity contribution in [2.45, 2.75) is 26.2 Å². The van der Waals surface area contributed by atoms with E-state index >= 15 is 0 Å². The van der Waals surface area contributed by atoms with E-state index in [0.29, 0.717) is 25.2 Å². The minimum atomic E-state index is -0.797. The van der Waals surface area contributed by atoms with E-state index in [1.54, 1.807) is 6.92 Å². The molecule has 0 bridgehead atoms. The number of nitrogens with zero attached hydrogens (tertiary/aromatic N) is 1. The number of esters is 1. The van der Waals surface area contributed by atoms with Gasteiger partial charge in [-0.05, 0) is 31.9 Å². The number of nitro groups is 1. The van der Waals surface area contributed by atoms with Crippen LogP contribution < -0.4 is 4.74 Å². The molecule has 21 heavy (non-hydrogen) atoms. The lowest BCUT2D eigenvalue weighted by atomic mass is 10.2. The van der Waals surface area contributed by atoms with Crippen molar-refractivity contribution in [3.05, 3.63) is 34.4 Å². The van der Waals surface area contributed by atoms with Gasteiger partial charge in [-0.2, -0.15) is 0 Å². The lowest BCUT2D eigenvalue weighted by Crippen LogP contribution is -2.17. The molecule has 7 nitrogen and oxygen atoms in total. The van der Waals surface area contributed by atoms with E-state index in [2.05, 4.69) is 4.74 Å². The van der Waals surface area contributed by atoms with Crippen molar-refractivity contribution in [2.75, 3.05) is 13.2 Å². The van der Waals surface area contributed by atoms with Gasteiger partial charge >= 0.3 is 5.97 Å². The minimum absolute atomic E-state index is 0.00221. The molecular weight excluding hydrogens is 278 g/mol. The minimum Gasteiger partial charge on any atom is -0.494 e. The van der Waals surface area contributed by atoms with Crippen molar-refractivity contribution in [3.63, 3.8) is 0 Å². The highest BCUT2D eigenvalue weighted by atomic mass is 16.6. The first-order valence-corrected chi connectivity index (χ1v) is 6.61. The van der Waals surface area contributed by atoms with Gasteiger partial charge < -0.3 is 9.47 Å². The third kappa shape index (κ3) is 6.03. The Kier molecular flexibility index (Phi) is 6.86. The predicted octanol–water partition coefficient (Wildman–Crippen LogP) is 2.28. The molecule has 0 spiro atoms. The summed E-state index contributed by atoms with van der Waals surface area (Å²) in [6.45, 7) is 2.20. The predicted molar refractivity (Wildman–Crippen MR) is 74.1 cm³/mol. The van der Waals surface area contributed by atoms with Gasteiger partial charge in [0.25, 0.3) is 5.69 Å². The highest BCUT2D eigenvalue weighted by Gasteiger charge is 2.13. The van der Waals surface area contributed by atoms with Gasteiger partial charge in [-0.3, -0.25) is 14.9 Å². The molecule has 1 aromatic carbocycles. The lowest BCUT2D eigenvalue weighted by Gasteiger charge is -2.05. The third-order valence-corrected chi connectivity index (χ3v) is 2.62. The SMILES string of the molecule is CCOC(=O)C(=O)CCCCOc1ccc([N+](=O)[O-])cc1. The van der Waals surface area contributed by atoms with Crippen molar-refractivity contribution < 1.29 is 24.0 Å². The molecule has 114 valence electrons. The molecule has 0 aliphatic carbocycles. The highest BCUT2D eigenvalue weighted by Crippen LogP contribution is 2.17. The van der Waals surface area contributed by atoms with Crippen LogP contribution in [0, 0.1) is 10.1 Å². The number of ketones is 1. The molecule has 0 radical (unpaired) electrons. The summed E-state index contributed by atoms with van der Waals surface area (Å²) >= 11 is 0. The molecule has 0 saturated carbocycles. The first-order chi connectivity index (χ1) is 10.0. The van der Waals surface area contributed by atoms with E-state index in [-0.39, 0.29) is 18.7 Å². The Hall–Kier alpha value is -2.44. The molecule has 0 unspecified atom stereocenters. The van der Waals surface area contributed by atoms with E-state index in [4.69, 9.17) is 4.74 Å². The Morgan fingerprint density at radius 2 is 1.86 bits per heavy atom.